The van der Waals surface area contributed by atoms with Crippen LogP contribution in [0.25, 0.3) is 0 Å². The minimum atomic E-state index is -1.16. The Morgan fingerprint density at radius 1 is 0.609 bits per heavy atom. The van der Waals surface area contributed by atoms with Gasteiger partial charge < -0.3 is 48.1 Å². The molecule has 0 aliphatic rings. The van der Waals surface area contributed by atoms with E-state index < -0.39 is 88.4 Å². The zero-order chi connectivity index (χ0) is 47.7. The molecule has 0 aliphatic heterocycles. The van der Waals surface area contributed by atoms with E-state index in [1.54, 1.807) is 18.2 Å². The third kappa shape index (κ3) is 30.4. The number of esters is 5. The summed E-state index contributed by atoms with van der Waals surface area (Å²) in [5.74, 6) is -4.12. The van der Waals surface area contributed by atoms with Crippen molar-refractivity contribution >= 4 is 47.4 Å². The lowest BCUT2D eigenvalue weighted by Crippen LogP contribution is -2.24. The molecule has 0 bridgehead atoms. The van der Waals surface area contributed by atoms with Crippen molar-refractivity contribution < 1.29 is 97.3 Å². The summed E-state index contributed by atoms with van der Waals surface area (Å²) in [7, 11) is 0. The van der Waals surface area contributed by atoms with Gasteiger partial charge in [-0.3, -0.25) is 19.2 Å². The zero-order valence-corrected chi connectivity index (χ0v) is 34.0. The monoisotopic (exact) mass is 940 g/mol. The smallest absolute Gasteiger partial charge is 0.344 e. The topological polar surface area (TPSA) is 378 Å². The highest BCUT2D eigenvalue weighted by Gasteiger charge is 2.19. The fourth-order valence-electron chi connectivity index (χ4n) is 4.34. The number of alkyl halides is 1. The van der Waals surface area contributed by atoms with Gasteiger partial charge in [-0.2, -0.15) is 0 Å². The first kappa shape index (κ1) is 58.4. The van der Waals surface area contributed by atoms with Crippen LogP contribution in [0.5, 0.6) is 11.5 Å². The van der Waals surface area contributed by atoms with E-state index in [9.17, 15) is 69.2 Å². The largest absolute Gasteiger partial charge is 0.481 e. The maximum absolute atomic E-state index is 12.0. The van der Waals surface area contributed by atoms with Gasteiger partial charge in [0.1, 0.15) is 48.0 Å². The Morgan fingerprint density at radius 2 is 1.02 bits per heavy atom. The van der Waals surface area contributed by atoms with Crippen molar-refractivity contribution in [2.75, 3.05) is 26.1 Å². The van der Waals surface area contributed by atoms with Crippen molar-refractivity contribution in [1.82, 2.24) is 0 Å². The minimum absolute atomic E-state index is 0. The number of benzene rings is 2. The predicted molar refractivity (Wildman–Crippen MR) is 209 cm³/mol. The van der Waals surface area contributed by atoms with Crippen LogP contribution in [0.2, 0.25) is 0 Å². The van der Waals surface area contributed by atoms with E-state index in [1.165, 1.54) is 44.2 Å². The zero-order valence-electron chi connectivity index (χ0n) is 33.3. The summed E-state index contributed by atoms with van der Waals surface area (Å²) < 4.78 is 23.9. The molecule has 2 aromatic carbocycles. The molecule has 2 rings (SSSR count). The Balaban J connectivity index is 0. The van der Waals surface area contributed by atoms with Crippen LogP contribution in [0.3, 0.4) is 0 Å². The first-order valence-corrected chi connectivity index (χ1v) is 18.3. The number of aliphatic carboxylic acids is 1. The van der Waals surface area contributed by atoms with Crippen molar-refractivity contribution in [3.63, 3.8) is 0 Å². The minimum Gasteiger partial charge on any atom is -0.481 e. The summed E-state index contributed by atoms with van der Waals surface area (Å²) in [5.41, 5.74) is 0.149. The second kappa shape index (κ2) is 34.0. The third-order valence-electron chi connectivity index (χ3n) is 6.84. The second-order valence-corrected chi connectivity index (χ2v) is 11.8. The molecule has 0 amide bonds. The molecule has 356 valence electrons. The van der Waals surface area contributed by atoms with Gasteiger partial charge in [-0.15, -0.1) is 40.5 Å². The summed E-state index contributed by atoms with van der Waals surface area (Å²) in [6.45, 7) is 0.578. The summed E-state index contributed by atoms with van der Waals surface area (Å²) in [6, 6.07) is 11.9. The molecule has 0 fully saturated rings. The normalized spacial score (nSPS) is 10.6. The predicted octanol–water partition coefficient (Wildman–Crippen LogP) is 4.63. The number of nitrogens with zero attached hydrogens (tertiary/aromatic N) is 4. The molecule has 1 N–H and O–H groups in total. The summed E-state index contributed by atoms with van der Waals surface area (Å²) in [4.78, 5) is 124. The van der Waals surface area contributed by atoms with Crippen LogP contribution in [0.4, 0.5) is 0 Å². The average molecular weight is 941 g/mol. The quantitative estimate of drug-likeness (QED) is 0.0242. The number of carboxylic acids is 1. The summed E-state index contributed by atoms with van der Waals surface area (Å²) in [5, 5.41) is 44.5. The number of ether oxygens (including phenoxy) is 5. The Labute approximate surface area is 366 Å². The molecule has 2 aromatic rings. The van der Waals surface area contributed by atoms with Gasteiger partial charge in [0.15, 0.2) is 6.07 Å². The van der Waals surface area contributed by atoms with Crippen molar-refractivity contribution in [3.05, 3.63) is 100 Å². The van der Waals surface area contributed by atoms with E-state index in [-0.39, 0.29) is 74.6 Å². The lowest BCUT2D eigenvalue weighted by molar-refractivity contribution is -0.790. The fraction of sp³-hybridized carbons (Fsp3) is 0.486. The van der Waals surface area contributed by atoms with Crippen molar-refractivity contribution in [1.29, 1.82) is 0 Å². The summed E-state index contributed by atoms with van der Waals surface area (Å²) >= 11 is 5.25. The molecule has 2 unspecified atom stereocenters. The van der Waals surface area contributed by atoms with E-state index in [0.29, 0.717) is 12.8 Å². The number of carboxylic acid groups (broad SMARTS) is 1. The molecule has 0 spiro atoms. The highest BCUT2D eigenvalue weighted by molar-refractivity contribution is 6.17. The average Bonchev–Trinajstić information content (AvgIpc) is 3.19. The SMILES string of the molecule is C.CC(=O)Oc1ccccc1C(=O)OCCl.CC(=O)Oc1ccccc1C(=O)OCOC(=O)CCCCC(CO[N+](=O)[O-])O[N+](=O)[O-].O=C(O)CCCCC(CO[N+](=O)[O-])O[N+](=O)[O-]. The van der Waals surface area contributed by atoms with Crippen molar-refractivity contribution in [2.24, 2.45) is 0 Å². The maximum atomic E-state index is 12.0. The summed E-state index contributed by atoms with van der Waals surface area (Å²) in [6.07, 6.45) is -1.10. The standard InChI is InChI=1S/C17H20N2O12.C10H9ClO4.C7H12N2O8.CH4/c1-12(20)30-15-8-4-3-7-14(15)17(22)28-11-27-16(21)9-5-2-6-13(31-19(25)26)10-29-18(23)24;1-7(12)15-9-5-3-2-4-8(9)10(13)14-6-11;10-7(11)4-2-1-3-6(17-9(14)15)5-16-8(12)13;/h3-4,7-8,13H,2,5-6,9-11H2,1H3;2-5H,6H2,1H3;6H,1-5H2,(H,10,11);1H4. The highest BCUT2D eigenvalue weighted by atomic mass is 35.5. The van der Waals surface area contributed by atoms with Gasteiger partial charge in [-0.05, 0) is 49.9 Å². The number of para-hydroxylation sites is 2. The van der Waals surface area contributed by atoms with Gasteiger partial charge >= 0.3 is 35.8 Å². The van der Waals surface area contributed by atoms with E-state index in [0.717, 1.165) is 0 Å². The van der Waals surface area contributed by atoms with E-state index >= 15 is 0 Å². The van der Waals surface area contributed by atoms with Crippen LogP contribution < -0.4 is 9.47 Å². The number of carbonyl (C=O) groups is 6. The Bertz CT molecular complexity index is 1850. The Morgan fingerprint density at radius 3 is 1.39 bits per heavy atom. The molecule has 0 aromatic heterocycles. The van der Waals surface area contributed by atoms with Crippen LogP contribution in [-0.4, -0.2) is 99.5 Å². The van der Waals surface area contributed by atoms with Gasteiger partial charge in [-0.25, -0.2) is 9.59 Å². The molecule has 0 saturated carbocycles. The van der Waals surface area contributed by atoms with Crippen LogP contribution in [-0.2, 0) is 52.7 Å². The number of hydrogen-bond acceptors (Lipinski definition) is 23. The number of unbranched alkanes of at least 4 members (excludes halogenated alkanes) is 2. The van der Waals surface area contributed by atoms with Crippen molar-refractivity contribution in [3.8, 4) is 11.5 Å². The number of rotatable bonds is 27. The number of hydrogen-bond donors (Lipinski definition) is 1. The first-order valence-electron chi connectivity index (χ1n) is 17.7. The molecule has 2 atom stereocenters. The van der Waals surface area contributed by atoms with Gasteiger partial charge in [0.05, 0.1) is 0 Å². The van der Waals surface area contributed by atoms with Crippen LogP contribution in [0.1, 0.15) is 93.4 Å². The maximum Gasteiger partial charge on any atom is 0.344 e. The van der Waals surface area contributed by atoms with Crippen LogP contribution >= 0.6 is 11.6 Å². The fourth-order valence-corrected chi connectivity index (χ4v) is 4.44. The molecular weight excluding hydrogens is 896 g/mol. The van der Waals surface area contributed by atoms with Crippen molar-refractivity contribution in [2.45, 2.75) is 84.8 Å². The first-order chi connectivity index (χ1) is 29.7. The third-order valence-corrected chi connectivity index (χ3v) is 6.95. The van der Waals surface area contributed by atoms with E-state index in [2.05, 4.69) is 24.1 Å². The van der Waals surface area contributed by atoms with Crippen LogP contribution in [0, 0.1) is 40.5 Å². The molecule has 0 radical (unpaired) electrons. The molecular formula is C35H45ClN4O24. The molecule has 29 heteroatoms. The van der Waals surface area contributed by atoms with Crippen LogP contribution in [0.15, 0.2) is 48.5 Å². The van der Waals surface area contributed by atoms with Gasteiger partial charge in [0.25, 0.3) is 20.3 Å². The van der Waals surface area contributed by atoms with E-state index in [4.69, 9.17) is 35.7 Å². The van der Waals surface area contributed by atoms with Gasteiger partial charge in [-0.1, -0.05) is 56.1 Å². The molecule has 0 heterocycles. The second-order valence-electron chi connectivity index (χ2n) is 11.6. The van der Waals surface area contributed by atoms with Gasteiger partial charge in [0, 0.05) is 26.7 Å². The molecule has 28 nitrogen and oxygen atoms in total. The van der Waals surface area contributed by atoms with Gasteiger partial charge in [0.2, 0.25) is 6.79 Å². The number of halogens is 1. The number of carbonyl (C=O) groups excluding carboxylic acids is 5. The Hall–Kier alpha value is -7.65. The highest BCUT2D eigenvalue weighted by Crippen LogP contribution is 2.20. The molecule has 0 saturated heterocycles. The molecule has 0 aliphatic carbocycles. The lowest BCUT2D eigenvalue weighted by atomic mass is 10.1. The van der Waals surface area contributed by atoms with E-state index in [1.807, 2.05) is 0 Å². The Kier molecular flexibility index (Phi) is 31.0. The lowest BCUT2D eigenvalue weighted by Gasteiger charge is -2.13. The molecule has 64 heavy (non-hydrogen) atoms.